The summed E-state index contributed by atoms with van der Waals surface area (Å²) in [6.45, 7) is 2.01. The quantitative estimate of drug-likeness (QED) is 0.892. The van der Waals surface area contributed by atoms with Gasteiger partial charge in [0.15, 0.2) is 0 Å². The Kier molecular flexibility index (Phi) is 5.28. The highest BCUT2D eigenvalue weighted by molar-refractivity contribution is 7.83. The van der Waals surface area contributed by atoms with Gasteiger partial charge in [0.25, 0.3) is 0 Å². The molecule has 0 heterocycles. The molecule has 0 amide bonds. The maximum atomic E-state index is 12.3. The molecule has 0 aliphatic carbocycles. The van der Waals surface area contributed by atoms with Crippen LogP contribution in [0.15, 0.2) is 48.5 Å². The van der Waals surface area contributed by atoms with Crippen molar-refractivity contribution in [2.75, 3.05) is 0 Å². The first-order valence-corrected chi connectivity index (χ1v) is 8.22. The van der Waals surface area contributed by atoms with Crippen LogP contribution in [0.5, 0.6) is 0 Å². The highest BCUT2D eigenvalue weighted by atomic mass is 32.2. The van der Waals surface area contributed by atoms with Crippen molar-refractivity contribution in [3.63, 3.8) is 0 Å². The fraction of sp³-hybridized carbons (Fsp3) is 0.235. The summed E-state index contributed by atoms with van der Waals surface area (Å²) in [5, 5.41) is 8.92. The summed E-state index contributed by atoms with van der Waals surface area (Å²) in [7, 11) is -1.05. The van der Waals surface area contributed by atoms with Crippen molar-refractivity contribution in [3.8, 4) is 0 Å². The fourth-order valence-corrected chi connectivity index (χ4v) is 3.53. The van der Waals surface area contributed by atoms with Gasteiger partial charge < -0.3 is 5.11 Å². The molecule has 1 unspecified atom stereocenters. The van der Waals surface area contributed by atoms with E-state index in [4.69, 9.17) is 5.11 Å². The molecule has 21 heavy (non-hydrogen) atoms. The van der Waals surface area contributed by atoms with E-state index in [-0.39, 0.29) is 6.42 Å². The molecule has 0 saturated heterocycles. The summed E-state index contributed by atoms with van der Waals surface area (Å²) in [4.78, 5) is 10.9. The molecule has 0 fully saturated rings. The van der Waals surface area contributed by atoms with Gasteiger partial charge in [-0.2, -0.15) is 0 Å². The van der Waals surface area contributed by atoms with E-state index >= 15 is 0 Å². The van der Waals surface area contributed by atoms with Gasteiger partial charge in [-0.3, -0.25) is 9.00 Å². The summed E-state index contributed by atoms with van der Waals surface area (Å²) >= 11 is 0. The Morgan fingerprint density at radius 3 is 2.43 bits per heavy atom. The molecule has 0 aliphatic heterocycles. The van der Waals surface area contributed by atoms with Gasteiger partial charge in [0.1, 0.15) is 0 Å². The number of benzene rings is 2. The third kappa shape index (κ3) is 4.83. The Bertz CT molecular complexity index is 665. The monoisotopic (exact) mass is 302 g/mol. The number of aryl methyl sites for hydroxylation is 1. The van der Waals surface area contributed by atoms with E-state index in [2.05, 4.69) is 0 Å². The molecule has 2 aromatic rings. The smallest absolute Gasteiger partial charge is 0.307 e. The van der Waals surface area contributed by atoms with Crippen molar-refractivity contribution >= 4 is 16.8 Å². The minimum Gasteiger partial charge on any atom is -0.481 e. The normalized spacial score (nSPS) is 12.0. The first kappa shape index (κ1) is 15.4. The zero-order valence-corrected chi connectivity index (χ0v) is 12.7. The second-order valence-corrected chi connectivity index (χ2v) is 6.51. The standard InChI is InChI=1S/C17H18O3S/c1-13-5-4-6-14(9-13)11-21(20)12-16-8-3-2-7-15(16)10-17(18)19/h2-9H,10-12H2,1H3,(H,18,19). The van der Waals surface area contributed by atoms with E-state index in [1.165, 1.54) is 0 Å². The fourth-order valence-electron chi connectivity index (χ4n) is 2.25. The molecule has 0 aromatic heterocycles. The second kappa shape index (κ2) is 7.18. The molecule has 2 rings (SSSR count). The topological polar surface area (TPSA) is 54.4 Å². The van der Waals surface area contributed by atoms with Gasteiger partial charge in [0.05, 0.1) is 6.42 Å². The van der Waals surface area contributed by atoms with E-state index in [1.54, 1.807) is 6.07 Å². The van der Waals surface area contributed by atoms with Crippen LogP contribution in [0.1, 0.15) is 22.3 Å². The lowest BCUT2D eigenvalue weighted by molar-refractivity contribution is -0.136. The molecule has 110 valence electrons. The number of carboxylic acids is 1. The second-order valence-electron chi connectivity index (χ2n) is 5.06. The zero-order valence-electron chi connectivity index (χ0n) is 11.9. The van der Waals surface area contributed by atoms with Crippen LogP contribution < -0.4 is 0 Å². The summed E-state index contributed by atoms with van der Waals surface area (Å²) in [5.74, 6) is 0.00688. The van der Waals surface area contributed by atoms with E-state index in [0.29, 0.717) is 11.5 Å². The van der Waals surface area contributed by atoms with Crippen LogP contribution in [0.25, 0.3) is 0 Å². The number of hydrogen-bond acceptors (Lipinski definition) is 2. The predicted octanol–water partition coefficient (Wildman–Crippen LogP) is 3.07. The van der Waals surface area contributed by atoms with Crippen LogP contribution in [-0.4, -0.2) is 15.3 Å². The van der Waals surface area contributed by atoms with Crippen molar-refractivity contribution in [2.24, 2.45) is 0 Å². The maximum absolute atomic E-state index is 12.3. The number of rotatable bonds is 6. The molecule has 0 aliphatic rings. The van der Waals surface area contributed by atoms with Crippen LogP contribution in [0, 0.1) is 6.92 Å². The number of carboxylic acid groups (broad SMARTS) is 1. The van der Waals surface area contributed by atoms with Gasteiger partial charge in [-0.1, -0.05) is 54.1 Å². The molecule has 0 spiro atoms. The van der Waals surface area contributed by atoms with Gasteiger partial charge in [-0.05, 0) is 23.6 Å². The number of carbonyl (C=O) groups is 1. The molecular weight excluding hydrogens is 284 g/mol. The van der Waals surface area contributed by atoms with Gasteiger partial charge in [0, 0.05) is 22.3 Å². The number of hydrogen-bond donors (Lipinski definition) is 1. The Balaban J connectivity index is 2.07. The summed E-state index contributed by atoms with van der Waals surface area (Å²) in [5.41, 5.74) is 3.79. The van der Waals surface area contributed by atoms with Crippen molar-refractivity contribution in [2.45, 2.75) is 24.9 Å². The average molecular weight is 302 g/mol. The zero-order chi connectivity index (χ0) is 15.2. The van der Waals surface area contributed by atoms with Crippen LogP contribution in [0.2, 0.25) is 0 Å². The lowest BCUT2D eigenvalue weighted by Gasteiger charge is -2.08. The van der Waals surface area contributed by atoms with Crippen molar-refractivity contribution in [1.82, 2.24) is 0 Å². The largest absolute Gasteiger partial charge is 0.481 e. The van der Waals surface area contributed by atoms with Crippen LogP contribution in [0.4, 0.5) is 0 Å². The highest BCUT2D eigenvalue weighted by Crippen LogP contribution is 2.15. The van der Waals surface area contributed by atoms with E-state index in [0.717, 1.165) is 22.3 Å². The third-order valence-corrected chi connectivity index (χ3v) is 4.47. The maximum Gasteiger partial charge on any atom is 0.307 e. The minimum atomic E-state index is -1.05. The van der Waals surface area contributed by atoms with Gasteiger partial charge in [0.2, 0.25) is 0 Å². The first-order valence-electron chi connectivity index (χ1n) is 6.73. The first-order chi connectivity index (χ1) is 10.0. The SMILES string of the molecule is Cc1cccc(CS(=O)Cc2ccccc2CC(=O)O)c1. The molecule has 4 heteroatoms. The van der Waals surface area contributed by atoms with E-state index in [1.807, 2.05) is 49.4 Å². The summed E-state index contributed by atoms with van der Waals surface area (Å²) in [6.07, 6.45) is -0.0299. The Labute approximate surface area is 127 Å². The van der Waals surface area contributed by atoms with Crippen molar-refractivity contribution in [3.05, 3.63) is 70.8 Å². The molecule has 3 nitrogen and oxygen atoms in total. The lowest BCUT2D eigenvalue weighted by atomic mass is 10.1. The third-order valence-electron chi connectivity index (χ3n) is 3.19. The van der Waals surface area contributed by atoms with Crippen LogP contribution in [0.3, 0.4) is 0 Å². The van der Waals surface area contributed by atoms with Gasteiger partial charge in [-0.15, -0.1) is 0 Å². The Morgan fingerprint density at radius 1 is 1.05 bits per heavy atom. The molecule has 0 saturated carbocycles. The molecule has 0 radical (unpaired) electrons. The summed E-state index contributed by atoms with van der Waals surface area (Å²) in [6, 6.07) is 15.3. The number of aliphatic carboxylic acids is 1. The van der Waals surface area contributed by atoms with Crippen LogP contribution in [-0.2, 0) is 33.5 Å². The van der Waals surface area contributed by atoms with E-state index in [9.17, 15) is 9.00 Å². The molecular formula is C17H18O3S. The minimum absolute atomic E-state index is 0.0299. The summed E-state index contributed by atoms with van der Waals surface area (Å²) < 4.78 is 12.3. The molecule has 1 atom stereocenters. The lowest BCUT2D eigenvalue weighted by Crippen LogP contribution is -2.06. The Morgan fingerprint density at radius 2 is 1.76 bits per heavy atom. The van der Waals surface area contributed by atoms with Gasteiger partial charge >= 0.3 is 5.97 Å². The average Bonchev–Trinajstić information content (AvgIpc) is 2.40. The van der Waals surface area contributed by atoms with Crippen molar-refractivity contribution < 1.29 is 14.1 Å². The van der Waals surface area contributed by atoms with Crippen LogP contribution >= 0.6 is 0 Å². The highest BCUT2D eigenvalue weighted by Gasteiger charge is 2.10. The molecule has 1 N–H and O–H groups in total. The molecule has 2 aromatic carbocycles. The predicted molar refractivity (Wildman–Crippen MR) is 84.5 cm³/mol. The Hall–Kier alpha value is -1.94. The van der Waals surface area contributed by atoms with Gasteiger partial charge in [-0.25, -0.2) is 0 Å². The van der Waals surface area contributed by atoms with E-state index < -0.39 is 16.8 Å². The molecule has 0 bridgehead atoms. The van der Waals surface area contributed by atoms with Crippen molar-refractivity contribution in [1.29, 1.82) is 0 Å².